The minimum Gasteiger partial charge on any atom is -0.354 e. The van der Waals surface area contributed by atoms with Crippen LogP contribution in [0.3, 0.4) is 0 Å². The average Bonchev–Trinajstić information content (AvgIpc) is 2.62. The molecule has 0 saturated carbocycles. The maximum Gasteiger partial charge on any atom is 0.229 e. The zero-order valence-electron chi connectivity index (χ0n) is 8.71. The van der Waals surface area contributed by atoms with E-state index >= 15 is 0 Å². The molecular formula is C10H14BrNOS2. The van der Waals surface area contributed by atoms with E-state index in [0.717, 1.165) is 3.79 Å². The molecule has 1 rings (SSSR count). The SMILES string of the molecule is CC(C)(CNC(=O)CS)c1ccc(Br)s1. The lowest BCUT2D eigenvalue weighted by molar-refractivity contribution is -0.118. The van der Waals surface area contributed by atoms with Crippen molar-refractivity contribution in [2.45, 2.75) is 19.3 Å². The minimum absolute atomic E-state index is 0.0259. The number of thiophene rings is 1. The van der Waals surface area contributed by atoms with Crippen LogP contribution in [0.2, 0.25) is 0 Å². The van der Waals surface area contributed by atoms with E-state index in [-0.39, 0.29) is 17.1 Å². The number of nitrogens with one attached hydrogen (secondary N) is 1. The van der Waals surface area contributed by atoms with E-state index in [9.17, 15) is 4.79 Å². The molecule has 0 aliphatic rings. The Morgan fingerprint density at radius 2 is 2.27 bits per heavy atom. The first-order valence-corrected chi connectivity index (χ1v) is 6.83. The van der Waals surface area contributed by atoms with Crippen LogP contribution in [-0.4, -0.2) is 18.2 Å². The molecule has 0 bridgehead atoms. The van der Waals surface area contributed by atoms with Crippen molar-refractivity contribution in [1.82, 2.24) is 5.32 Å². The first kappa shape index (κ1) is 13.1. The van der Waals surface area contributed by atoms with Crippen LogP contribution in [0.25, 0.3) is 0 Å². The molecule has 0 aliphatic heterocycles. The van der Waals surface area contributed by atoms with Crippen LogP contribution in [0, 0.1) is 0 Å². The van der Waals surface area contributed by atoms with Crippen LogP contribution in [0.4, 0.5) is 0 Å². The summed E-state index contributed by atoms with van der Waals surface area (Å²) in [6.45, 7) is 4.87. The second-order valence-electron chi connectivity index (χ2n) is 3.92. The van der Waals surface area contributed by atoms with Gasteiger partial charge in [-0.2, -0.15) is 12.6 Å². The number of rotatable bonds is 4. The summed E-state index contributed by atoms with van der Waals surface area (Å²) in [5, 5.41) is 2.86. The van der Waals surface area contributed by atoms with Gasteiger partial charge in [-0.3, -0.25) is 4.79 Å². The summed E-state index contributed by atoms with van der Waals surface area (Å²) in [7, 11) is 0. The minimum atomic E-state index is -0.0324. The highest BCUT2D eigenvalue weighted by molar-refractivity contribution is 9.11. The molecule has 0 radical (unpaired) electrons. The monoisotopic (exact) mass is 307 g/mol. The van der Waals surface area contributed by atoms with Gasteiger partial charge in [0.15, 0.2) is 0 Å². The van der Waals surface area contributed by atoms with Gasteiger partial charge in [-0.25, -0.2) is 0 Å². The van der Waals surface area contributed by atoms with Crippen molar-refractivity contribution in [1.29, 1.82) is 0 Å². The molecule has 1 amide bonds. The summed E-state index contributed by atoms with van der Waals surface area (Å²) in [5.41, 5.74) is -0.0324. The molecule has 1 aromatic heterocycles. The summed E-state index contributed by atoms with van der Waals surface area (Å²) in [6.07, 6.45) is 0. The molecule has 1 N–H and O–H groups in total. The number of carbonyl (C=O) groups is 1. The van der Waals surface area contributed by atoms with Crippen LogP contribution in [0.15, 0.2) is 15.9 Å². The normalized spacial score (nSPS) is 11.5. The van der Waals surface area contributed by atoms with Crippen molar-refractivity contribution in [3.05, 3.63) is 20.8 Å². The predicted octanol–water partition coefficient (Wildman–Crippen LogP) is 2.83. The van der Waals surface area contributed by atoms with Crippen LogP contribution in [0.1, 0.15) is 18.7 Å². The van der Waals surface area contributed by atoms with E-state index in [2.05, 4.69) is 53.8 Å². The fraction of sp³-hybridized carbons (Fsp3) is 0.500. The number of hydrogen-bond acceptors (Lipinski definition) is 3. The van der Waals surface area contributed by atoms with Gasteiger partial charge in [-0.15, -0.1) is 11.3 Å². The third-order valence-corrected chi connectivity index (χ3v) is 4.39. The fourth-order valence-electron chi connectivity index (χ4n) is 1.14. The summed E-state index contributed by atoms with van der Waals surface area (Å²) in [6, 6.07) is 4.11. The summed E-state index contributed by atoms with van der Waals surface area (Å²) in [4.78, 5) is 12.4. The second-order valence-corrected chi connectivity index (χ2v) is 6.70. The number of halogens is 1. The van der Waals surface area contributed by atoms with Crippen molar-refractivity contribution < 1.29 is 4.79 Å². The highest BCUT2D eigenvalue weighted by atomic mass is 79.9. The number of hydrogen-bond donors (Lipinski definition) is 2. The molecule has 0 aromatic carbocycles. The molecule has 2 nitrogen and oxygen atoms in total. The topological polar surface area (TPSA) is 29.1 Å². The van der Waals surface area contributed by atoms with E-state index < -0.39 is 0 Å². The molecule has 0 aliphatic carbocycles. The van der Waals surface area contributed by atoms with E-state index in [1.54, 1.807) is 11.3 Å². The van der Waals surface area contributed by atoms with Crippen LogP contribution < -0.4 is 5.32 Å². The Balaban J connectivity index is 2.63. The van der Waals surface area contributed by atoms with Gasteiger partial charge in [-0.05, 0) is 28.1 Å². The van der Waals surface area contributed by atoms with Gasteiger partial charge in [-0.1, -0.05) is 13.8 Å². The molecule has 15 heavy (non-hydrogen) atoms. The Kier molecular flexibility index (Phi) is 4.67. The average molecular weight is 308 g/mol. The fourth-order valence-corrected chi connectivity index (χ4v) is 2.74. The lowest BCUT2D eigenvalue weighted by Gasteiger charge is -2.23. The van der Waals surface area contributed by atoms with Crippen molar-refractivity contribution in [2.24, 2.45) is 0 Å². The molecule has 1 heterocycles. The van der Waals surface area contributed by atoms with E-state index in [1.807, 2.05) is 6.07 Å². The van der Waals surface area contributed by atoms with E-state index in [1.165, 1.54) is 4.88 Å². The van der Waals surface area contributed by atoms with Crippen molar-refractivity contribution in [3.63, 3.8) is 0 Å². The van der Waals surface area contributed by atoms with E-state index in [4.69, 9.17) is 0 Å². The van der Waals surface area contributed by atoms with Gasteiger partial charge in [0.25, 0.3) is 0 Å². The third kappa shape index (κ3) is 3.81. The molecule has 0 spiro atoms. The maximum absolute atomic E-state index is 11.1. The molecule has 84 valence electrons. The molecule has 5 heteroatoms. The van der Waals surface area contributed by atoms with Crippen LogP contribution in [-0.2, 0) is 10.2 Å². The molecule has 0 unspecified atom stereocenters. The Morgan fingerprint density at radius 3 is 2.73 bits per heavy atom. The molecule has 1 aromatic rings. The number of thiol groups is 1. The Bertz CT molecular complexity index is 349. The standard InChI is InChI=1S/C10H14BrNOS2/c1-10(2,6-12-9(13)5-14)7-3-4-8(11)15-7/h3-4,14H,5-6H2,1-2H3,(H,12,13). The highest BCUT2D eigenvalue weighted by Gasteiger charge is 2.22. The van der Waals surface area contributed by atoms with Crippen molar-refractivity contribution in [2.75, 3.05) is 12.3 Å². The lowest BCUT2D eigenvalue weighted by Crippen LogP contribution is -2.36. The second kappa shape index (κ2) is 5.37. The highest BCUT2D eigenvalue weighted by Crippen LogP contribution is 2.32. The number of carbonyl (C=O) groups excluding carboxylic acids is 1. The van der Waals surface area contributed by atoms with Crippen LogP contribution in [0.5, 0.6) is 0 Å². The smallest absolute Gasteiger partial charge is 0.229 e. The van der Waals surface area contributed by atoms with Crippen LogP contribution >= 0.6 is 39.9 Å². The Labute approximate surface area is 108 Å². The van der Waals surface area contributed by atoms with Gasteiger partial charge < -0.3 is 5.32 Å². The zero-order chi connectivity index (χ0) is 11.5. The van der Waals surface area contributed by atoms with Gasteiger partial charge in [0, 0.05) is 16.8 Å². The van der Waals surface area contributed by atoms with Gasteiger partial charge in [0.2, 0.25) is 5.91 Å². The summed E-state index contributed by atoms with van der Waals surface area (Å²) < 4.78 is 1.12. The quantitative estimate of drug-likeness (QED) is 0.823. The maximum atomic E-state index is 11.1. The molecule has 0 atom stereocenters. The summed E-state index contributed by atoms with van der Waals surface area (Å²) >= 11 is 9.06. The van der Waals surface area contributed by atoms with E-state index in [0.29, 0.717) is 6.54 Å². The first-order valence-electron chi connectivity index (χ1n) is 4.59. The summed E-state index contributed by atoms with van der Waals surface area (Å²) in [5.74, 6) is 0.214. The van der Waals surface area contributed by atoms with Gasteiger partial charge in [0.05, 0.1) is 9.54 Å². The van der Waals surface area contributed by atoms with Crippen molar-refractivity contribution >= 4 is 45.8 Å². The third-order valence-electron chi connectivity index (χ3n) is 2.11. The van der Waals surface area contributed by atoms with Crippen molar-refractivity contribution in [3.8, 4) is 0 Å². The largest absolute Gasteiger partial charge is 0.354 e. The molecular weight excluding hydrogens is 294 g/mol. The predicted molar refractivity (Wildman–Crippen MR) is 71.9 cm³/mol. The lowest BCUT2D eigenvalue weighted by atomic mass is 9.91. The first-order chi connectivity index (χ1) is 6.95. The Morgan fingerprint density at radius 1 is 1.60 bits per heavy atom. The zero-order valence-corrected chi connectivity index (χ0v) is 12.0. The van der Waals surface area contributed by atoms with Gasteiger partial charge in [0.1, 0.15) is 0 Å². The van der Waals surface area contributed by atoms with Gasteiger partial charge >= 0.3 is 0 Å². The number of amides is 1. The Hall–Kier alpha value is -0.0000000000000000833. The molecule has 0 saturated heterocycles. The molecule has 0 fully saturated rings.